The van der Waals surface area contributed by atoms with Crippen LogP contribution in [0.1, 0.15) is 12.0 Å². The molecule has 0 radical (unpaired) electrons. The Bertz CT molecular complexity index is 364. The second kappa shape index (κ2) is 5.65. The number of thiophene rings is 1. The van der Waals surface area contributed by atoms with Gasteiger partial charge in [0.2, 0.25) is 5.91 Å². The number of hydrogen-bond donors (Lipinski definition) is 0. The molecule has 1 aliphatic rings. The Balaban J connectivity index is 1.79. The minimum atomic E-state index is 0.234. The minimum Gasteiger partial charge on any atom is -0.345 e. The predicted octanol–water partition coefficient (Wildman–Crippen LogP) is 1.70. The number of amides is 1. The third-order valence-corrected chi connectivity index (χ3v) is 4.11. The van der Waals surface area contributed by atoms with Crippen LogP contribution in [0.25, 0.3) is 0 Å². The van der Waals surface area contributed by atoms with Gasteiger partial charge in [-0.15, -0.1) is 0 Å². The normalized spacial score (nSPS) is 20.7. The second-order valence-corrected chi connectivity index (χ2v) is 5.78. The number of carbonyl (C=O) groups is 1. The maximum absolute atomic E-state index is 12.0. The summed E-state index contributed by atoms with van der Waals surface area (Å²) in [5.41, 5.74) is 1.13. The molecule has 2 rings (SSSR count). The van der Waals surface area contributed by atoms with Crippen molar-refractivity contribution in [3.05, 3.63) is 22.4 Å². The molecule has 0 unspecified atom stereocenters. The first-order valence-corrected chi connectivity index (χ1v) is 7.03. The highest BCUT2D eigenvalue weighted by Crippen LogP contribution is 2.16. The van der Waals surface area contributed by atoms with Crippen molar-refractivity contribution in [1.29, 1.82) is 0 Å². The summed E-state index contributed by atoms with van der Waals surface area (Å²) >= 11 is 1.65. The van der Waals surface area contributed by atoms with Gasteiger partial charge >= 0.3 is 0 Å². The van der Waals surface area contributed by atoms with Crippen LogP contribution in [-0.2, 0) is 11.2 Å². The first kappa shape index (κ1) is 12.6. The summed E-state index contributed by atoms with van der Waals surface area (Å²) in [5.74, 6) is 0.884. The molecular weight excluding hydrogens is 232 g/mol. The van der Waals surface area contributed by atoms with Gasteiger partial charge in [-0.05, 0) is 48.3 Å². The van der Waals surface area contributed by atoms with Gasteiger partial charge < -0.3 is 9.80 Å². The van der Waals surface area contributed by atoms with Crippen molar-refractivity contribution in [3.8, 4) is 0 Å². The lowest BCUT2D eigenvalue weighted by Gasteiger charge is -2.21. The molecule has 94 valence electrons. The molecule has 0 bridgehead atoms. The summed E-state index contributed by atoms with van der Waals surface area (Å²) in [4.78, 5) is 16.2. The van der Waals surface area contributed by atoms with E-state index < -0.39 is 0 Å². The van der Waals surface area contributed by atoms with Crippen LogP contribution in [0, 0.1) is 5.92 Å². The van der Waals surface area contributed by atoms with E-state index in [0.29, 0.717) is 12.3 Å². The van der Waals surface area contributed by atoms with Crippen molar-refractivity contribution in [3.63, 3.8) is 0 Å². The lowest BCUT2D eigenvalue weighted by Crippen LogP contribution is -2.33. The summed E-state index contributed by atoms with van der Waals surface area (Å²) in [6.45, 7) is 3.18. The highest BCUT2D eigenvalue weighted by Gasteiger charge is 2.22. The first-order chi connectivity index (χ1) is 8.15. The van der Waals surface area contributed by atoms with E-state index in [4.69, 9.17) is 0 Å². The summed E-state index contributed by atoms with van der Waals surface area (Å²) in [5, 5.41) is 4.07. The monoisotopic (exact) mass is 252 g/mol. The average Bonchev–Trinajstić information content (AvgIpc) is 2.90. The zero-order valence-corrected chi connectivity index (χ0v) is 11.4. The largest absolute Gasteiger partial charge is 0.345 e. The van der Waals surface area contributed by atoms with E-state index in [-0.39, 0.29) is 5.91 Å². The molecule has 0 spiro atoms. The highest BCUT2D eigenvalue weighted by molar-refractivity contribution is 7.07. The molecule has 0 N–H and O–H groups in total. The van der Waals surface area contributed by atoms with Crippen LogP contribution in [0.5, 0.6) is 0 Å². The number of rotatable bonds is 4. The molecule has 0 aromatic carbocycles. The van der Waals surface area contributed by atoms with Crippen LogP contribution in [0.2, 0.25) is 0 Å². The van der Waals surface area contributed by atoms with Gasteiger partial charge in [0, 0.05) is 20.1 Å². The lowest BCUT2D eigenvalue weighted by atomic mass is 10.1. The molecular formula is C13H20N2OS. The second-order valence-electron chi connectivity index (χ2n) is 5.00. The topological polar surface area (TPSA) is 23.6 Å². The quantitative estimate of drug-likeness (QED) is 0.814. The van der Waals surface area contributed by atoms with Crippen molar-refractivity contribution in [1.82, 2.24) is 9.80 Å². The Hall–Kier alpha value is -0.870. The van der Waals surface area contributed by atoms with Gasteiger partial charge in [-0.25, -0.2) is 0 Å². The molecule has 4 heteroatoms. The van der Waals surface area contributed by atoms with E-state index in [1.807, 2.05) is 23.4 Å². The molecule has 0 saturated carbocycles. The predicted molar refractivity (Wildman–Crippen MR) is 71.3 cm³/mol. The van der Waals surface area contributed by atoms with Gasteiger partial charge in [0.1, 0.15) is 0 Å². The Morgan fingerprint density at radius 3 is 3.06 bits per heavy atom. The molecule has 1 aromatic heterocycles. The van der Waals surface area contributed by atoms with Crippen LogP contribution in [0.3, 0.4) is 0 Å². The fraction of sp³-hybridized carbons (Fsp3) is 0.615. The van der Waals surface area contributed by atoms with Gasteiger partial charge in [-0.1, -0.05) is 0 Å². The van der Waals surface area contributed by atoms with Gasteiger partial charge in [0.15, 0.2) is 0 Å². The Morgan fingerprint density at radius 1 is 1.65 bits per heavy atom. The van der Waals surface area contributed by atoms with Crippen LogP contribution in [0.4, 0.5) is 0 Å². The summed E-state index contributed by atoms with van der Waals surface area (Å²) in [6.07, 6.45) is 1.76. The van der Waals surface area contributed by atoms with E-state index in [9.17, 15) is 4.79 Å². The van der Waals surface area contributed by atoms with Crippen molar-refractivity contribution in [2.45, 2.75) is 12.8 Å². The molecule has 1 fully saturated rings. The molecule has 0 aliphatic carbocycles. The first-order valence-electron chi connectivity index (χ1n) is 6.08. The van der Waals surface area contributed by atoms with Gasteiger partial charge in [-0.3, -0.25) is 4.79 Å². The van der Waals surface area contributed by atoms with Crippen LogP contribution in [0.15, 0.2) is 16.8 Å². The Kier molecular flexibility index (Phi) is 4.18. The standard InChI is InChI=1S/C13H20N2OS/c1-14-5-3-12(8-14)9-15(2)13(16)7-11-4-6-17-10-11/h4,6,10,12H,3,5,7-9H2,1-2H3/t12-/m0/s1. The zero-order valence-electron chi connectivity index (χ0n) is 10.6. The number of likely N-dealkylation sites (N-methyl/N-ethyl adjacent to an activating group) is 1. The smallest absolute Gasteiger partial charge is 0.226 e. The van der Waals surface area contributed by atoms with Crippen molar-refractivity contribution >= 4 is 17.2 Å². The number of likely N-dealkylation sites (tertiary alicyclic amines) is 1. The minimum absolute atomic E-state index is 0.234. The summed E-state index contributed by atoms with van der Waals surface area (Å²) in [6, 6.07) is 2.03. The SMILES string of the molecule is CN1CC[C@H](CN(C)C(=O)Cc2ccsc2)C1. The fourth-order valence-corrected chi connectivity index (χ4v) is 3.04. The van der Waals surface area contributed by atoms with Gasteiger partial charge in [-0.2, -0.15) is 11.3 Å². The maximum Gasteiger partial charge on any atom is 0.226 e. The Labute approximate surface area is 107 Å². The Morgan fingerprint density at radius 2 is 2.47 bits per heavy atom. The third-order valence-electron chi connectivity index (χ3n) is 3.38. The van der Waals surface area contributed by atoms with Crippen LogP contribution in [-0.4, -0.2) is 49.4 Å². The van der Waals surface area contributed by atoms with Crippen molar-refractivity contribution < 1.29 is 4.79 Å². The molecule has 2 heterocycles. The molecule has 1 atom stereocenters. The van der Waals surface area contributed by atoms with E-state index in [0.717, 1.165) is 25.2 Å². The molecule has 1 aliphatic heterocycles. The fourth-order valence-electron chi connectivity index (χ4n) is 2.37. The summed E-state index contributed by atoms with van der Waals surface area (Å²) < 4.78 is 0. The van der Waals surface area contributed by atoms with E-state index in [2.05, 4.69) is 17.3 Å². The van der Waals surface area contributed by atoms with E-state index >= 15 is 0 Å². The van der Waals surface area contributed by atoms with E-state index in [1.165, 1.54) is 6.42 Å². The third kappa shape index (κ3) is 3.54. The van der Waals surface area contributed by atoms with Crippen LogP contribution < -0.4 is 0 Å². The number of hydrogen-bond acceptors (Lipinski definition) is 3. The van der Waals surface area contributed by atoms with Crippen molar-refractivity contribution in [2.75, 3.05) is 33.7 Å². The van der Waals surface area contributed by atoms with Gasteiger partial charge in [0.25, 0.3) is 0 Å². The molecule has 1 saturated heterocycles. The maximum atomic E-state index is 12.0. The number of carbonyl (C=O) groups excluding carboxylic acids is 1. The zero-order chi connectivity index (χ0) is 12.3. The average molecular weight is 252 g/mol. The number of nitrogens with zero attached hydrogens (tertiary/aromatic N) is 2. The molecule has 3 nitrogen and oxygen atoms in total. The van der Waals surface area contributed by atoms with Gasteiger partial charge in [0.05, 0.1) is 6.42 Å². The lowest BCUT2D eigenvalue weighted by molar-refractivity contribution is -0.129. The van der Waals surface area contributed by atoms with Crippen molar-refractivity contribution in [2.24, 2.45) is 5.92 Å². The molecule has 1 aromatic rings. The van der Waals surface area contributed by atoms with Crippen LogP contribution >= 0.6 is 11.3 Å². The molecule has 17 heavy (non-hydrogen) atoms. The molecule has 1 amide bonds. The summed E-state index contributed by atoms with van der Waals surface area (Å²) in [7, 11) is 4.07. The highest BCUT2D eigenvalue weighted by atomic mass is 32.1. The van der Waals surface area contributed by atoms with E-state index in [1.54, 1.807) is 11.3 Å².